The first-order valence-electron chi connectivity index (χ1n) is 5.64. The molecule has 1 amide bonds. The van der Waals surface area contributed by atoms with Gasteiger partial charge in [0.05, 0.1) is 19.1 Å². The number of carbonyl (C=O) groups excluding carboxylic acids is 1. The summed E-state index contributed by atoms with van der Waals surface area (Å²) in [5.74, 6) is -0.163. The number of aryl methyl sites for hydroxylation is 1. The highest BCUT2D eigenvalue weighted by Crippen LogP contribution is 2.05. The number of aliphatic hydroxyl groups is 1. The topological polar surface area (TPSA) is 67.2 Å². The van der Waals surface area contributed by atoms with Crippen molar-refractivity contribution < 1.29 is 9.90 Å². The SMILES string of the molecule is Cn1cncc1C(=O)NCc1cccc(CO)c1. The lowest BCUT2D eigenvalue weighted by Crippen LogP contribution is -2.24. The molecule has 94 valence electrons. The van der Waals surface area contributed by atoms with Gasteiger partial charge in [0.2, 0.25) is 0 Å². The van der Waals surface area contributed by atoms with Crippen molar-refractivity contribution in [3.8, 4) is 0 Å². The van der Waals surface area contributed by atoms with Crippen LogP contribution < -0.4 is 5.32 Å². The van der Waals surface area contributed by atoms with E-state index in [0.717, 1.165) is 11.1 Å². The lowest BCUT2D eigenvalue weighted by molar-refractivity contribution is 0.0942. The fraction of sp³-hybridized carbons (Fsp3) is 0.231. The maximum Gasteiger partial charge on any atom is 0.269 e. The van der Waals surface area contributed by atoms with Crippen LogP contribution >= 0.6 is 0 Å². The van der Waals surface area contributed by atoms with E-state index in [2.05, 4.69) is 10.3 Å². The molecule has 1 aromatic heterocycles. The Labute approximate surface area is 105 Å². The molecule has 0 bridgehead atoms. The average Bonchev–Trinajstić information content (AvgIpc) is 2.82. The number of carbonyl (C=O) groups is 1. The molecule has 0 atom stereocenters. The Morgan fingerprint density at radius 1 is 1.44 bits per heavy atom. The van der Waals surface area contributed by atoms with E-state index in [1.165, 1.54) is 6.20 Å². The summed E-state index contributed by atoms with van der Waals surface area (Å²) in [4.78, 5) is 15.7. The van der Waals surface area contributed by atoms with Gasteiger partial charge in [-0.15, -0.1) is 0 Å². The number of amides is 1. The minimum atomic E-state index is -0.163. The minimum Gasteiger partial charge on any atom is -0.392 e. The van der Waals surface area contributed by atoms with Crippen molar-refractivity contribution in [2.75, 3.05) is 0 Å². The number of nitrogens with one attached hydrogen (secondary N) is 1. The molecule has 0 fully saturated rings. The first-order valence-corrected chi connectivity index (χ1v) is 5.64. The highest BCUT2D eigenvalue weighted by atomic mass is 16.3. The number of aliphatic hydroxyl groups excluding tert-OH is 1. The molecule has 18 heavy (non-hydrogen) atoms. The molecule has 2 N–H and O–H groups in total. The molecule has 1 heterocycles. The van der Waals surface area contributed by atoms with Crippen molar-refractivity contribution in [3.63, 3.8) is 0 Å². The fourth-order valence-corrected chi connectivity index (χ4v) is 1.69. The van der Waals surface area contributed by atoms with Crippen LogP contribution in [0.3, 0.4) is 0 Å². The van der Waals surface area contributed by atoms with Gasteiger partial charge in [-0.25, -0.2) is 4.98 Å². The quantitative estimate of drug-likeness (QED) is 0.839. The summed E-state index contributed by atoms with van der Waals surface area (Å²) in [6.07, 6.45) is 3.11. The second-order valence-corrected chi connectivity index (χ2v) is 4.05. The van der Waals surface area contributed by atoms with Gasteiger partial charge in [-0.05, 0) is 11.1 Å². The summed E-state index contributed by atoms with van der Waals surface area (Å²) in [6, 6.07) is 7.47. The van der Waals surface area contributed by atoms with Crippen molar-refractivity contribution in [2.45, 2.75) is 13.2 Å². The molecular formula is C13H15N3O2. The van der Waals surface area contributed by atoms with Gasteiger partial charge in [0.15, 0.2) is 0 Å². The molecule has 0 aliphatic rings. The van der Waals surface area contributed by atoms with Crippen LogP contribution in [0.25, 0.3) is 0 Å². The van der Waals surface area contributed by atoms with Crippen LogP contribution in [0.4, 0.5) is 0 Å². The third-order valence-electron chi connectivity index (χ3n) is 2.68. The van der Waals surface area contributed by atoms with Crippen LogP contribution in [0.5, 0.6) is 0 Å². The van der Waals surface area contributed by atoms with Crippen LogP contribution in [0.15, 0.2) is 36.8 Å². The molecule has 0 saturated carbocycles. The highest BCUT2D eigenvalue weighted by Gasteiger charge is 2.08. The van der Waals surface area contributed by atoms with Gasteiger partial charge in [0.1, 0.15) is 5.69 Å². The first-order chi connectivity index (χ1) is 8.70. The molecule has 0 aliphatic carbocycles. The summed E-state index contributed by atoms with van der Waals surface area (Å²) in [5, 5.41) is 11.8. The Morgan fingerprint density at radius 3 is 2.89 bits per heavy atom. The summed E-state index contributed by atoms with van der Waals surface area (Å²) < 4.78 is 1.67. The predicted octanol–water partition coefficient (Wildman–Crippen LogP) is 0.842. The smallest absolute Gasteiger partial charge is 0.269 e. The number of benzene rings is 1. The molecule has 0 aliphatic heterocycles. The van der Waals surface area contributed by atoms with Gasteiger partial charge in [-0.3, -0.25) is 4.79 Å². The number of imidazole rings is 1. The molecule has 5 heteroatoms. The van der Waals surface area contributed by atoms with E-state index in [4.69, 9.17) is 5.11 Å². The summed E-state index contributed by atoms with van der Waals surface area (Å²) in [5.41, 5.74) is 2.31. The second-order valence-electron chi connectivity index (χ2n) is 4.05. The molecule has 0 radical (unpaired) electrons. The van der Waals surface area contributed by atoms with E-state index in [0.29, 0.717) is 12.2 Å². The second kappa shape index (κ2) is 5.46. The van der Waals surface area contributed by atoms with Gasteiger partial charge in [-0.2, -0.15) is 0 Å². The Bertz CT molecular complexity index is 549. The average molecular weight is 245 g/mol. The Balaban J connectivity index is 1.99. The molecule has 2 rings (SSSR count). The van der Waals surface area contributed by atoms with Crippen molar-refractivity contribution in [2.24, 2.45) is 7.05 Å². The maximum absolute atomic E-state index is 11.8. The minimum absolute atomic E-state index is 0.00349. The predicted molar refractivity (Wildman–Crippen MR) is 66.7 cm³/mol. The summed E-state index contributed by atoms with van der Waals surface area (Å²) in [7, 11) is 1.77. The fourth-order valence-electron chi connectivity index (χ4n) is 1.69. The molecule has 1 aromatic carbocycles. The van der Waals surface area contributed by atoms with Crippen LogP contribution in [0.2, 0.25) is 0 Å². The third-order valence-corrected chi connectivity index (χ3v) is 2.68. The summed E-state index contributed by atoms with van der Waals surface area (Å²) >= 11 is 0. The lowest BCUT2D eigenvalue weighted by Gasteiger charge is -2.06. The van der Waals surface area contributed by atoms with Crippen molar-refractivity contribution in [1.29, 1.82) is 0 Å². The van der Waals surface area contributed by atoms with Gasteiger partial charge in [0, 0.05) is 13.6 Å². The molecule has 2 aromatic rings. The first kappa shape index (κ1) is 12.3. The largest absolute Gasteiger partial charge is 0.392 e. The maximum atomic E-state index is 11.8. The normalized spacial score (nSPS) is 10.3. The van der Waals surface area contributed by atoms with Crippen LogP contribution in [-0.4, -0.2) is 20.6 Å². The van der Waals surface area contributed by atoms with E-state index in [1.54, 1.807) is 17.9 Å². The zero-order valence-electron chi connectivity index (χ0n) is 10.1. The van der Waals surface area contributed by atoms with E-state index >= 15 is 0 Å². The zero-order chi connectivity index (χ0) is 13.0. The van der Waals surface area contributed by atoms with E-state index < -0.39 is 0 Å². The van der Waals surface area contributed by atoms with E-state index in [1.807, 2.05) is 24.3 Å². The molecule has 0 unspecified atom stereocenters. The van der Waals surface area contributed by atoms with Crippen molar-refractivity contribution >= 4 is 5.91 Å². The van der Waals surface area contributed by atoms with Gasteiger partial charge in [0.25, 0.3) is 5.91 Å². The van der Waals surface area contributed by atoms with E-state index in [-0.39, 0.29) is 12.5 Å². The van der Waals surface area contributed by atoms with Gasteiger partial charge >= 0.3 is 0 Å². The summed E-state index contributed by atoms with van der Waals surface area (Å²) in [6.45, 7) is 0.432. The zero-order valence-corrected chi connectivity index (χ0v) is 10.1. The Kier molecular flexibility index (Phi) is 3.74. The number of aromatic nitrogens is 2. The number of hydrogen-bond donors (Lipinski definition) is 2. The van der Waals surface area contributed by atoms with Gasteiger partial charge in [-0.1, -0.05) is 24.3 Å². The van der Waals surface area contributed by atoms with Crippen LogP contribution in [0.1, 0.15) is 21.6 Å². The Hall–Kier alpha value is -2.14. The molecule has 0 saturated heterocycles. The Morgan fingerprint density at radius 2 is 2.22 bits per heavy atom. The van der Waals surface area contributed by atoms with Crippen molar-refractivity contribution in [3.05, 3.63) is 53.6 Å². The molecule has 5 nitrogen and oxygen atoms in total. The van der Waals surface area contributed by atoms with Crippen molar-refractivity contribution in [1.82, 2.24) is 14.9 Å². The number of rotatable bonds is 4. The molecular weight excluding hydrogens is 230 g/mol. The monoisotopic (exact) mass is 245 g/mol. The highest BCUT2D eigenvalue weighted by molar-refractivity contribution is 5.92. The molecule has 0 spiro atoms. The number of hydrogen-bond acceptors (Lipinski definition) is 3. The number of nitrogens with zero attached hydrogens (tertiary/aromatic N) is 2. The van der Waals surface area contributed by atoms with Crippen LogP contribution in [0, 0.1) is 0 Å². The lowest BCUT2D eigenvalue weighted by atomic mass is 10.1. The van der Waals surface area contributed by atoms with Gasteiger partial charge < -0.3 is 15.0 Å². The van der Waals surface area contributed by atoms with E-state index in [9.17, 15) is 4.79 Å². The van der Waals surface area contributed by atoms with Crippen LogP contribution in [-0.2, 0) is 20.2 Å². The third kappa shape index (κ3) is 2.75. The standard InChI is InChI=1S/C13H15N3O2/c1-16-9-14-7-12(16)13(18)15-6-10-3-2-4-11(5-10)8-17/h2-5,7,9,17H,6,8H2,1H3,(H,15,18).